The number of hydrogen-bond donors (Lipinski definition) is 2. The van der Waals surface area contributed by atoms with Crippen LogP contribution in [0, 0.1) is 11.8 Å². The molecule has 0 aromatic carbocycles. The molecule has 2 aliphatic heterocycles. The van der Waals surface area contributed by atoms with Crippen molar-refractivity contribution >= 4 is 30.7 Å². The first-order chi connectivity index (χ1) is 8.29. The second-order valence-electron chi connectivity index (χ2n) is 5.34. The third-order valence-corrected chi connectivity index (χ3v) is 4.05. The average molecular weight is 312 g/mol. The Balaban J connectivity index is 0.00000162. The summed E-state index contributed by atoms with van der Waals surface area (Å²) >= 11 is 0. The molecule has 6 heteroatoms. The van der Waals surface area contributed by atoms with Crippen molar-refractivity contribution < 1.29 is 4.79 Å². The van der Waals surface area contributed by atoms with Crippen LogP contribution in [0.25, 0.3) is 0 Å². The lowest BCUT2D eigenvalue weighted by Gasteiger charge is -2.22. The largest absolute Gasteiger partial charge is 0.355 e. The summed E-state index contributed by atoms with van der Waals surface area (Å²) < 4.78 is 0. The summed E-state index contributed by atoms with van der Waals surface area (Å²) in [4.78, 5) is 14.4. The minimum atomic E-state index is 0. The Bertz CT molecular complexity index is 260. The van der Waals surface area contributed by atoms with Crippen molar-refractivity contribution in [3.05, 3.63) is 0 Å². The van der Waals surface area contributed by atoms with E-state index in [2.05, 4.69) is 22.5 Å². The van der Waals surface area contributed by atoms with E-state index in [1.165, 1.54) is 13.0 Å². The highest BCUT2D eigenvalue weighted by atomic mass is 35.5. The molecule has 2 N–H and O–H groups in total. The second kappa shape index (κ2) is 9.81. The Hall–Kier alpha value is -0.0300. The second-order valence-corrected chi connectivity index (χ2v) is 5.34. The predicted molar refractivity (Wildman–Crippen MR) is 83.3 cm³/mol. The molecule has 2 rings (SSSR count). The minimum Gasteiger partial charge on any atom is -0.355 e. The number of hydrogen-bond acceptors (Lipinski definition) is 3. The Morgan fingerprint density at radius 1 is 1.37 bits per heavy atom. The van der Waals surface area contributed by atoms with Gasteiger partial charge in [-0.2, -0.15) is 0 Å². The molecular formula is C13H27Cl2N3O. The van der Waals surface area contributed by atoms with Crippen molar-refractivity contribution in [2.45, 2.75) is 26.2 Å². The maximum absolute atomic E-state index is 11.9. The third kappa shape index (κ3) is 5.86. The summed E-state index contributed by atoms with van der Waals surface area (Å²) in [5, 5.41) is 6.42. The Kier molecular flexibility index (Phi) is 9.79. The summed E-state index contributed by atoms with van der Waals surface area (Å²) in [5.74, 6) is 1.12. The van der Waals surface area contributed by atoms with E-state index >= 15 is 0 Å². The number of rotatable bonds is 4. The molecule has 2 saturated heterocycles. The maximum Gasteiger partial charge on any atom is 0.224 e. The van der Waals surface area contributed by atoms with Crippen LogP contribution in [-0.2, 0) is 4.79 Å². The van der Waals surface area contributed by atoms with Crippen LogP contribution in [-0.4, -0.2) is 50.1 Å². The van der Waals surface area contributed by atoms with Crippen molar-refractivity contribution in [2.75, 3.05) is 39.3 Å². The molecule has 1 unspecified atom stereocenters. The van der Waals surface area contributed by atoms with Crippen molar-refractivity contribution in [1.82, 2.24) is 15.5 Å². The lowest BCUT2D eigenvalue weighted by molar-refractivity contribution is -0.125. The van der Waals surface area contributed by atoms with Gasteiger partial charge < -0.3 is 15.5 Å². The van der Waals surface area contributed by atoms with Gasteiger partial charge in [-0.3, -0.25) is 4.79 Å². The molecule has 1 amide bonds. The number of nitrogens with zero attached hydrogens (tertiary/aromatic N) is 1. The normalized spacial score (nSPS) is 27.2. The lowest BCUT2D eigenvalue weighted by Crippen LogP contribution is -2.42. The highest BCUT2D eigenvalue weighted by molar-refractivity contribution is 5.85. The van der Waals surface area contributed by atoms with Crippen LogP contribution in [0.5, 0.6) is 0 Å². The molecule has 0 aromatic heterocycles. The number of carbonyl (C=O) groups is 1. The first-order valence-corrected chi connectivity index (χ1v) is 7.00. The van der Waals surface area contributed by atoms with Crippen LogP contribution in [0.15, 0.2) is 0 Å². The minimum absolute atomic E-state index is 0. The summed E-state index contributed by atoms with van der Waals surface area (Å²) in [6, 6.07) is 0. The van der Waals surface area contributed by atoms with Gasteiger partial charge in [0.15, 0.2) is 0 Å². The molecule has 0 radical (unpaired) electrons. The van der Waals surface area contributed by atoms with Gasteiger partial charge in [-0.1, -0.05) is 6.92 Å². The van der Waals surface area contributed by atoms with Gasteiger partial charge in [0.05, 0.1) is 5.92 Å². The van der Waals surface area contributed by atoms with E-state index in [1.807, 2.05) is 0 Å². The number of halogens is 2. The number of nitrogens with one attached hydrogen (secondary N) is 2. The summed E-state index contributed by atoms with van der Waals surface area (Å²) in [6.45, 7) is 8.48. The zero-order valence-electron chi connectivity index (χ0n) is 11.7. The van der Waals surface area contributed by atoms with Crippen molar-refractivity contribution in [3.8, 4) is 0 Å². The number of piperidine rings is 1. The van der Waals surface area contributed by atoms with Gasteiger partial charge in [0.1, 0.15) is 0 Å². The summed E-state index contributed by atoms with van der Waals surface area (Å²) in [6.07, 6.45) is 3.41. The zero-order chi connectivity index (χ0) is 12.1. The van der Waals surface area contributed by atoms with E-state index in [-0.39, 0.29) is 36.6 Å². The van der Waals surface area contributed by atoms with Crippen LogP contribution >= 0.6 is 24.8 Å². The number of amides is 1. The van der Waals surface area contributed by atoms with E-state index in [9.17, 15) is 4.79 Å². The first kappa shape index (κ1) is 19.0. The highest BCUT2D eigenvalue weighted by Gasteiger charge is 2.24. The molecule has 0 bridgehead atoms. The molecule has 2 aliphatic rings. The Morgan fingerprint density at radius 2 is 2.16 bits per heavy atom. The predicted octanol–water partition coefficient (Wildman–Crippen LogP) is 1.29. The van der Waals surface area contributed by atoms with Crippen LogP contribution < -0.4 is 10.6 Å². The van der Waals surface area contributed by atoms with E-state index in [0.717, 1.165) is 45.6 Å². The fourth-order valence-electron chi connectivity index (χ4n) is 2.83. The van der Waals surface area contributed by atoms with Gasteiger partial charge in [-0.15, -0.1) is 24.8 Å². The summed E-state index contributed by atoms with van der Waals surface area (Å²) in [7, 11) is 0. The molecule has 19 heavy (non-hydrogen) atoms. The van der Waals surface area contributed by atoms with Crippen LogP contribution in [0.4, 0.5) is 0 Å². The Labute approximate surface area is 128 Å². The standard InChI is InChI=1S/C13H25N3O.2ClH/c1-2-16-7-5-11(10-16)8-15-13(17)12-4-3-6-14-9-12;;/h11-12,14H,2-10H2,1H3,(H,15,17);2*1H/t11?,12-;;/m1../s1. The van der Waals surface area contributed by atoms with Gasteiger partial charge in [-0.05, 0) is 44.8 Å². The van der Waals surface area contributed by atoms with Crippen molar-refractivity contribution in [2.24, 2.45) is 11.8 Å². The molecule has 2 fully saturated rings. The fourth-order valence-corrected chi connectivity index (χ4v) is 2.83. The molecule has 114 valence electrons. The highest BCUT2D eigenvalue weighted by Crippen LogP contribution is 2.15. The van der Waals surface area contributed by atoms with Crippen molar-refractivity contribution in [3.63, 3.8) is 0 Å². The average Bonchev–Trinajstić information content (AvgIpc) is 2.85. The van der Waals surface area contributed by atoms with Gasteiger partial charge in [0.25, 0.3) is 0 Å². The number of carbonyl (C=O) groups excluding carboxylic acids is 1. The zero-order valence-corrected chi connectivity index (χ0v) is 13.3. The van der Waals surface area contributed by atoms with Gasteiger partial charge >= 0.3 is 0 Å². The van der Waals surface area contributed by atoms with Crippen molar-refractivity contribution in [1.29, 1.82) is 0 Å². The third-order valence-electron chi connectivity index (χ3n) is 4.05. The van der Waals surface area contributed by atoms with E-state index < -0.39 is 0 Å². The van der Waals surface area contributed by atoms with Gasteiger partial charge in [0, 0.05) is 19.6 Å². The molecule has 4 nitrogen and oxygen atoms in total. The van der Waals surface area contributed by atoms with E-state index in [1.54, 1.807) is 0 Å². The monoisotopic (exact) mass is 311 g/mol. The van der Waals surface area contributed by atoms with Gasteiger partial charge in [-0.25, -0.2) is 0 Å². The molecule has 0 aliphatic carbocycles. The molecule has 0 aromatic rings. The molecular weight excluding hydrogens is 285 g/mol. The van der Waals surface area contributed by atoms with Crippen LogP contribution in [0.3, 0.4) is 0 Å². The van der Waals surface area contributed by atoms with Crippen LogP contribution in [0.1, 0.15) is 26.2 Å². The fraction of sp³-hybridized carbons (Fsp3) is 0.923. The summed E-state index contributed by atoms with van der Waals surface area (Å²) in [5.41, 5.74) is 0. The van der Waals surface area contributed by atoms with E-state index in [4.69, 9.17) is 0 Å². The van der Waals surface area contributed by atoms with Crippen LogP contribution in [0.2, 0.25) is 0 Å². The molecule has 0 spiro atoms. The van der Waals surface area contributed by atoms with Gasteiger partial charge in [0.2, 0.25) is 5.91 Å². The first-order valence-electron chi connectivity index (χ1n) is 7.00. The lowest BCUT2D eigenvalue weighted by atomic mass is 9.98. The topological polar surface area (TPSA) is 44.4 Å². The maximum atomic E-state index is 11.9. The Morgan fingerprint density at radius 3 is 2.74 bits per heavy atom. The number of likely N-dealkylation sites (tertiary alicyclic amines) is 1. The smallest absolute Gasteiger partial charge is 0.224 e. The quantitative estimate of drug-likeness (QED) is 0.822. The SMILES string of the molecule is CCN1CCC(CNC(=O)[C@@H]2CCCNC2)C1.Cl.Cl. The molecule has 2 heterocycles. The van der Waals surface area contributed by atoms with E-state index in [0.29, 0.717) is 5.92 Å². The molecule has 0 saturated carbocycles. The molecule has 2 atom stereocenters.